The second-order valence-corrected chi connectivity index (χ2v) is 8.61. The van der Waals surface area contributed by atoms with E-state index in [9.17, 15) is 9.59 Å². The molecule has 1 aliphatic heterocycles. The van der Waals surface area contributed by atoms with E-state index >= 15 is 0 Å². The predicted molar refractivity (Wildman–Crippen MR) is 121 cm³/mol. The molecule has 2 heterocycles. The van der Waals surface area contributed by atoms with Crippen LogP contribution in [0.25, 0.3) is 11.0 Å². The summed E-state index contributed by atoms with van der Waals surface area (Å²) in [6.07, 6.45) is 6.85. The zero-order chi connectivity index (χ0) is 21.2. The Morgan fingerprint density at radius 3 is 2.45 bits per heavy atom. The van der Waals surface area contributed by atoms with Crippen molar-refractivity contribution in [1.29, 1.82) is 0 Å². The Morgan fingerprint density at radius 2 is 1.68 bits per heavy atom. The first-order chi connectivity index (χ1) is 15.2. The Morgan fingerprint density at radius 1 is 0.968 bits per heavy atom. The number of nitrogens with zero attached hydrogens (tertiary/aromatic N) is 3. The van der Waals surface area contributed by atoms with Crippen LogP contribution in [0.1, 0.15) is 56.6 Å². The smallest absolute Gasteiger partial charge is 0.253 e. The SMILES string of the molecule is O=C(C[C@H]1C(=O)N(C2CCCCCC2)c2nc3ccccc3n21)NCc1ccccc1. The van der Waals surface area contributed by atoms with Crippen molar-refractivity contribution in [2.75, 3.05) is 4.90 Å². The van der Waals surface area contributed by atoms with Gasteiger partial charge in [-0.25, -0.2) is 4.98 Å². The number of anilines is 1. The lowest BCUT2D eigenvalue weighted by atomic mass is 10.1. The van der Waals surface area contributed by atoms with E-state index in [0.717, 1.165) is 42.3 Å². The van der Waals surface area contributed by atoms with Gasteiger partial charge in [0.05, 0.1) is 17.5 Å². The molecule has 0 radical (unpaired) electrons. The monoisotopic (exact) mass is 416 g/mol. The van der Waals surface area contributed by atoms with Crippen LogP contribution in [0.3, 0.4) is 0 Å². The molecule has 31 heavy (non-hydrogen) atoms. The summed E-state index contributed by atoms with van der Waals surface area (Å²) in [6.45, 7) is 0.463. The largest absolute Gasteiger partial charge is 0.352 e. The zero-order valence-electron chi connectivity index (χ0n) is 17.7. The summed E-state index contributed by atoms with van der Waals surface area (Å²) in [7, 11) is 0. The Bertz CT molecular complexity index is 1080. The average Bonchev–Trinajstić information content (AvgIpc) is 3.13. The second-order valence-electron chi connectivity index (χ2n) is 8.61. The number of hydrogen-bond donors (Lipinski definition) is 1. The Balaban J connectivity index is 1.42. The Kier molecular flexibility index (Phi) is 5.45. The number of rotatable bonds is 5. The van der Waals surface area contributed by atoms with Crippen LogP contribution in [-0.4, -0.2) is 27.4 Å². The van der Waals surface area contributed by atoms with Gasteiger partial charge in [-0.2, -0.15) is 0 Å². The van der Waals surface area contributed by atoms with Crippen LogP contribution < -0.4 is 10.2 Å². The van der Waals surface area contributed by atoms with Crippen molar-refractivity contribution in [1.82, 2.24) is 14.9 Å². The van der Waals surface area contributed by atoms with Gasteiger partial charge in [-0.1, -0.05) is 68.1 Å². The van der Waals surface area contributed by atoms with Crippen molar-refractivity contribution in [3.8, 4) is 0 Å². The quantitative estimate of drug-likeness (QED) is 0.629. The Labute approximate surface area is 182 Å². The van der Waals surface area contributed by atoms with E-state index in [4.69, 9.17) is 4.98 Å². The number of para-hydroxylation sites is 2. The molecule has 1 atom stereocenters. The summed E-state index contributed by atoms with van der Waals surface area (Å²) in [5.41, 5.74) is 2.84. The topological polar surface area (TPSA) is 67.2 Å². The lowest BCUT2D eigenvalue weighted by Gasteiger charge is -2.25. The number of hydrogen-bond acceptors (Lipinski definition) is 3. The summed E-state index contributed by atoms with van der Waals surface area (Å²) in [6, 6.07) is 17.3. The summed E-state index contributed by atoms with van der Waals surface area (Å²) < 4.78 is 1.99. The lowest BCUT2D eigenvalue weighted by Crippen LogP contribution is -2.40. The van der Waals surface area contributed by atoms with Crippen LogP contribution in [0.5, 0.6) is 0 Å². The van der Waals surface area contributed by atoms with E-state index in [0.29, 0.717) is 12.5 Å². The number of nitrogens with one attached hydrogen (secondary N) is 1. The number of fused-ring (bicyclic) bond motifs is 3. The van der Waals surface area contributed by atoms with E-state index < -0.39 is 6.04 Å². The summed E-state index contributed by atoms with van der Waals surface area (Å²) in [4.78, 5) is 33.1. The maximum atomic E-state index is 13.6. The van der Waals surface area contributed by atoms with Crippen LogP contribution in [-0.2, 0) is 16.1 Å². The number of carbonyl (C=O) groups excluding carboxylic acids is 2. The fourth-order valence-electron chi connectivity index (χ4n) is 4.96. The molecule has 0 spiro atoms. The van der Waals surface area contributed by atoms with Gasteiger partial charge >= 0.3 is 0 Å². The molecule has 1 aromatic heterocycles. The standard InChI is InChI=1S/C25H28N4O2/c30-23(26-17-18-10-4-3-5-11-18)16-22-24(31)28(19-12-6-1-2-7-13-19)25-27-20-14-8-9-15-21(20)29(22)25/h3-5,8-11,14-15,19,22H,1-2,6-7,12-13,16-17H2,(H,26,30)/t22-/m0/s1. The molecule has 160 valence electrons. The number of benzene rings is 2. The molecular formula is C25H28N4O2. The predicted octanol–water partition coefficient (Wildman–Crippen LogP) is 4.35. The minimum atomic E-state index is -0.540. The molecule has 1 N–H and O–H groups in total. The average molecular weight is 417 g/mol. The fourth-order valence-corrected chi connectivity index (χ4v) is 4.96. The molecule has 6 heteroatoms. The third-order valence-electron chi connectivity index (χ3n) is 6.53. The molecule has 5 rings (SSSR count). The minimum absolute atomic E-state index is 0.00927. The van der Waals surface area contributed by atoms with Gasteiger partial charge in [-0.05, 0) is 30.5 Å². The first-order valence-electron chi connectivity index (χ1n) is 11.3. The van der Waals surface area contributed by atoms with Gasteiger partial charge in [-0.3, -0.25) is 19.1 Å². The first kappa shape index (κ1) is 19.8. The molecule has 0 bridgehead atoms. The van der Waals surface area contributed by atoms with Crippen molar-refractivity contribution in [2.45, 2.75) is 63.6 Å². The van der Waals surface area contributed by atoms with Crippen molar-refractivity contribution in [3.63, 3.8) is 0 Å². The normalized spacial score (nSPS) is 19.4. The van der Waals surface area contributed by atoms with Gasteiger partial charge in [0.2, 0.25) is 11.9 Å². The van der Waals surface area contributed by atoms with Gasteiger partial charge in [0.25, 0.3) is 5.91 Å². The van der Waals surface area contributed by atoms with Crippen molar-refractivity contribution in [2.24, 2.45) is 0 Å². The number of aromatic nitrogens is 2. The summed E-state index contributed by atoms with van der Waals surface area (Å²) >= 11 is 0. The zero-order valence-corrected chi connectivity index (χ0v) is 17.7. The van der Waals surface area contributed by atoms with Gasteiger partial charge in [-0.15, -0.1) is 0 Å². The summed E-state index contributed by atoms with van der Waals surface area (Å²) in [5, 5.41) is 2.98. The van der Waals surface area contributed by atoms with Gasteiger partial charge in [0, 0.05) is 12.6 Å². The number of imidazole rings is 1. The van der Waals surface area contributed by atoms with E-state index in [1.165, 1.54) is 12.8 Å². The maximum Gasteiger partial charge on any atom is 0.253 e. The van der Waals surface area contributed by atoms with Gasteiger partial charge < -0.3 is 5.32 Å². The van der Waals surface area contributed by atoms with E-state index in [2.05, 4.69) is 5.32 Å². The number of carbonyl (C=O) groups is 2. The van der Waals surface area contributed by atoms with E-state index in [1.54, 1.807) is 0 Å². The van der Waals surface area contributed by atoms with Crippen LogP contribution >= 0.6 is 0 Å². The van der Waals surface area contributed by atoms with Crippen LogP contribution in [0, 0.1) is 0 Å². The lowest BCUT2D eigenvalue weighted by molar-refractivity contribution is -0.127. The van der Waals surface area contributed by atoms with Crippen molar-refractivity contribution < 1.29 is 9.59 Å². The van der Waals surface area contributed by atoms with E-state index in [-0.39, 0.29) is 24.3 Å². The van der Waals surface area contributed by atoms with Crippen molar-refractivity contribution in [3.05, 3.63) is 60.2 Å². The maximum absolute atomic E-state index is 13.6. The fraction of sp³-hybridized carbons (Fsp3) is 0.400. The molecule has 6 nitrogen and oxygen atoms in total. The highest BCUT2D eigenvalue weighted by Gasteiger charge is 2.43. The number of amides is 2. The molecule has 2 aliphatic rings. The third kappa shape index (κ3) is 3.82. The summed E-state index contributed by atoms with van der Waals surface area (Å²) in [5.74, 6) is 0.600. The highest BCUT2D eigenvalue weighted by Crippen LogP contribution is 2.39. The van der Waals surface area contributed by atoms with Gasteiger partial charge in [0.1, 0.15) is 6.04 Å². The van der Waals surface area contributed by atoms with E-state index in [1.807, 2.05) is 64.1 Å². The van der Waals surface area contributed by atoms with Crippen LogP contribution in [0.2, 0.25) is 0 Å². The molecule has 2 amide bonds. The minimum Gasteiger partial charge on any atom is -0.352 e. The highest BCUT2D eigenvalue weighted by molar-refractivity contribution is 6.04. The molecule has 3 aromatic rings. The molecule has 0 unspecified atom stereocenters. The van der Waals surface area contributed by atoms with Crippen LogP contribution in [0.15, 0.2) is 54.6 Å². The molecule has 1 fully saturated rings. The first-order valence-corrected chi connectivity index (χ1v) is 11.3. The van der Waals surface area contributed by atoms with Gasteiger partial charge in [0.15, 0.2) is 0 Å². The highest BCUT2D eigenvalue weighted by atomic mass is 16.2. The molecule has 2 aromatic carbocycles. The molecule has 1 saturated carbocycles. The molecule has 0 saturated heterocycles. The third-order valence-corrected chi connectivity index (χ3v) is 6.53. The molecular weight excluding hydrogens is 388 g/mol. The molecule has 1 aliphatic carbocycles. The van der Waals surface area contributed by atoms with Crippen LogP contribution in [0.4, 0.5) is 5.95 Å². The second kappa shape index (κ2) is 8.53. The van der Waals surface area contributed by atoms with Crippen molar-refractivity contribution >= 4 is 28.8 Å². The Hall–Kier alpha value is -3.15.